The van der Waals surface area contributed by atoms with E-state index in [0.29, 0.717) is 0 Å². The van der Waals surface area contributed by atoms with E-state index >= 15 is 0 Å². The fourth-order valence-electron chi connectivity index (χ4n) is 2.12. The van der Waals surface area contributed by atoms with Gasteiger partial charge in [-0.3, -0.25) is 0 Å². The second-order valence-electron chi connectivity index (χ2n) is 4.15. The van der Waals surface area contributed by atoms with Crippen molar-refractivity contribution in [3.8, 4) is 11.1 Å². The summed E-state index contributed by atoms with van der Waals surface area (Å²) in [6, 6.07) is 22.8. The molecule has 1 heteroatoms. The SMILES string of the molecule is Nc1cccc2cc(-c3ccccc3)ccc12. The summed E-state index contributed by atoms with van der Waals surface area (Å²) >= 11 is 0. The molecular formula is C16H13N. The van der Waals surface area contributed by atoms with Crippen molar-refractivity contribution in [2.75, 3.05) is 5.73 Å². The van der Waals surface area contributed by atoms with Crippen molar-refractivity contribution in [3.05, 3.63) is 66.7 Å². The quantitative estimate of drug-likeness (QED) is 0.613. The van der Waals surface area contributed by atoms with Gasteiger partial charge in [0.15, 0.2) is 0 Å². The number of rotatable bonds is 1. The molecule has 0 unspecified atom stereocenters. The van der Waals surface area contributed by atoms with Gasteiger partial charge in [0.2, 0.25) is 0 Å². The molecule has 0 aliphatic rings. The lowest BCUT2D eigenvalue weighted by atomic mass is 10.0. The van der Waals surface area contributed by atoms with Gasteiger partial charge in [-0.05, 0) is 28.6 Å². The van der Waals surface area contributed by atoms with E-state index in [9.17, 15) is 0 Å². The Morgan fingerprint density at radius 3 is 2.29 bits per heavy atom. The second kappa shape index (κ2) is 3.95. The van der Waals surface area contributed by atoms with Crippen LogP contribution in [0.2, 0.25) is 0 Å². The smallest absolute Gasteiger partial charge is 0.0393 e. The lowest BCUT2D eigenvalue weighted by Gasteiger charge is -2.05. The van der Waals surface area contributed by atoms with E-state index in [0.717, 1.165) is 11.1 Å². The highest BCUT2D eigenvalue weighted by molar-refractivity contribution is 5.95. The average Bonchev–Trinajstić information content (AvgIpc) is 2.40. The molecule has 0 atom stereocenters. The van der Waals surface area contributed by atoms with E-state index in [-0.39, 0.29) is 0 Å². The lowest BCUT2D eigenvalue weighted by Crippen LogP contribution is -1.86. The van der Waals surface area contributed by atoms with Gasteiger partial charge >= 0.3 is 0 Å². The van der Waals surface area contributed by atoms with Crippen molar-refractivity contribution < 1.29 is 0 Å². The van der Waals surface area contributed by atoms with E-state index in [1.807, 2.05) is 18.2 Å². The first kappa shape index (κ1) is 9.91. The van der Waals surface area contributed by atoms with Crippen molar-refractivity contribution in [1.29, 1.82) is 0 Å². The van der Waals surface area contributed by atoms with Crippen LogP contribution in [0.5, 0.6) is 0 Å². The molecular weight excluding hydrogens is 206 g/mol. The molecule has 0 spiro atoms. The molecule has 0 amide bonds. The van der Waals surface area contributed by atoms with Crippen molar-refractivity contribution in [2.24, 2.45) is 0 Å². The van der Waals surface area contributed by atoms with E-state index < -0.39 is 0 Å². The number of hydrogen-bond acceptors (Lipinski definition) is 1. The number of hydrogen-bond donors (Lipinski definition) is 1. The van der Waals surface area contributed by atoms with Crippen LogP contribution in [-0.2, 0) is 0 Å². The van der Waals surface area contributed by atoms with Gasteiger partial charge in [0.05, 0.1) is 0 Å². The minimum atomic E-state index is 0.835. The van der Waals surface area contributed by atoms with Crippen LogP contribution in [0.15, 0.2) is 66.7 Å². The Balaban J connectivity index is 2.21. The summed E-state index contributed by atoms with van der Waals surface area (Å²) < 4.78 is 0. The number of nitrogens with two attached hydrogens (primary N) is 1. The summed E-state index contributed by atoms with van der Waals surface area (Å²) in [6.07, 6.45) is 0. The minimum absolute atomic E-state index is 0.835. The monoisotopic (exact) mass is 219 g/mol. The molecule has 2 N–H and O–H groups in total. The maximum Gasteiger partial charge on any atom is 0.0393 e. The third-order valence-corrected chi connectivity index (χ3v) is 3.02. The molecule has 0 bridgehead atoms. The van der Waals surface area contributed by atoms with Crippen molar-refractivity contribution in [3.63, 3.8) is 0 Å². The second-order valence-corrected chi connectivity index (χ2v) is 4.15. The normalized spacial score (nSPS) is 10.6. The first-order valence-corrected chi connectivity index (χ1v) is 5.68. The molecule has 3 aromatic carbocycles. The van der Waals surface area contributed by atoms with Crippen LogP contribution in [-0.4, -0.2) is 0 Å². The summed E-state index contributed by atoms with van der Waals surface area (Å²) in [7, 11) is 0. The number of nitrogen functional groups attached to an aromatic ring is 1. The van der Waals surface area contributed by atoms with Crippen LogP contribution in [0.3, 0.4) is 0 Å². The molecule has 0 saturated carbocycles. The first-order chi connectivity index (χ1) is 8.34. The zero-order chi connectivity index (χ0) is 11.7. The molecule has 0 aliphatic heterocycles. The van der Waals surface area contributed by atoms with Crippen LogP contribution >= 0.6 is 0 Å². The Morgan fingerprint density at radius 2 is 1.47 bits per heavy atom. The molecule has 0 radical (unpaired) electrons. The molecule has 3 rings (SSSR count). The fourth-order valence-corrected chi connectivity index (χ4v) is 2.12. The van der Waals surface area contributed by atoms with Crippen molar-refractivity contribution >= 4 is 16.5 Å². The molecule has 0 fully saturated rings. The zero-order valence-corrected chi connectivity index (χ0v) is 9.43. The van der Waals surface area contributed by atoms with E-state index in [1.165, 1.54) is 16.5 Å². The van der Waals surface area contributed by atoms with Gasteiger partial charge in [-0.25, -0.2) is 0 Å². The summed E-state index contributed by atoms with van der Waals surface area (Å²) in [5.41, 5.74) is 9.24. The van der Waals surface area contributed by atoms with Crippen LogP contribution in [0.1, 0.15) is 0 Å². The predicted octanol–water partition coefficient (Wildman–Crippen LogP) is 4.09. The number of fused-ring (bicyclic) bond motifs is 1. The standard InChI is InChI=1S/C16H13N/c17-16-8-4-7-14-11-13(9-10-15(14)16)12-5-2-1-3-6-12/h1-11H,17H2. The van der Waals surface area contributed by atoms with E-state index in [1.54, 1.807) is 0 Å². The molecule has 82 valence electrons. The van der Waals surface area contributed by atoms with Crippen LogP contribution in [0.25, 0.3) is 21.9 Å². The molecule has 1 nitrogen and oxygen atoms in total. The Kier molecular flexibility index (Phi) is 2.30. The third-order valence-electron chi connectivity index (χ3n) is 3.02. The highest BCUT2D eigenvalue weighted by Crippen LogP contribution is 2.27. The molecule has 3 aromatic rings. The van der Waals surface area contributed by atoms with E-state index in [4.69, 9.17) is 5.73 Å². The molecule has 17 heavy (non-hydrogen) atoms. The fraction of sp³-hybridized carbons (Fsp3) is 0. The third kappa shape index (κ3) is 1.76. The Labute approximate surface area is 101 Å². The van der Waals surface area contributed by atoms with Gasteiger partial charge in [-0.15, -0.1) is 0 Å². The van der Waals surface area contributed by atoms with E-state index in [2.05, 4.69) is 48.5 Å². The first-order valence-electron chi connectivity index (χ1n) is 5.68. The average molecular weight is 219 g/mol. The van der Waals surface area contributed by atoms with Crippen LogP contribution in [0.4, 0.5) is 5.69 Å². The van der Waals surface area contributed by atoms with Gasteiger partial charge in [0.1, 0.15) is 0 Å². The summed E-state index contributed by atoms with van der Waals surface area (Å²) in [5.74, 6) is 0. The molecule has 0 aromatic heterocycles. The Hall–Kier alpha value is -2.28. The number of benzene rings is 3. The summed E-state index contributed by atoms with van der Waals surface area (Å²) in [4.78, 5) is 0. The topological polar surface area (TPSA) is 26.0 Å². The Morgan fingerprint density at radius 1 is 0.647 bits per heavy atom. The Bertz CT molecular complexity index is 657. The maximum absolute atomic E-state index is 5.94. The molecule has 0 saturated heterocycles. The highest BCUT2D eigenvalue weighted by Gasteiger charge is 2.00. The number of anilines is 1. The van der Waals surface area contributed by atoms with Crippen molar-refractivity contribution in [1.82, 2.24) is 0 Å². The summed E-state index contributed by atoms with van der Waals surface area (Å²) in [6.45, 7) is 0. The van der Waals surface area contributed by atoms with Gasteiger partial charge < -0.3 is 5.73 Å². The van der Waals surface area contributed by atoms with Crippen LogP contribution < -0.4 is 5.73 Å². The van der Waals surface area contributed by atoms with Gasteiger partial charge in [0.25, 0.3) is 0 Å². The maximum atomic E-state index is 5.94. The van der Waals surface area contributed by atoms with Gasteiger partial charge in [-0.2, -0.15) is 0 Å². The van der Waals surface area contributed by atoms with Gasteiger partial charge in [-0.1, -0.05) is 54.6 Å². The largest absolute Gasteiger partial charge is 0.398 e. The highest BCUT2D eigenvalue weighted by atomic mass is 14.5. The predicted molar refractivity (Wildman–Crippen MR) is 73.8 cm³/mol. The summed E-state index contributed by atoms with van der Waals surface area (Å²) in [5, 5.41) is 2.30. The zero-order valence-electron chi connectivity index (χ0n) is 9.43. The van der Waals surface area contributed by atoms with Gasteiger partial charge in [0, 0.05) is 11.1 Å². The molecule has 0 aliphatic carbocycles. The van der Waals surface area contributed by atoms with Crippen LogP contribution in [0, 0.1) is 0 Å². The minimum Gasteiger partial charge on any atom is -0.398 e. The molecule has 0 heterocycles. The van der Waals surface area contributed by atoms with Crippen molar-refractivity contribution in [2.45, 2.75) is 0 Å². The lowest BCUT2D eigenvalue weighted by molar-refractivity contribution is 1.64.